The van der Waals surface area contributed by atoms with Gasteiger partial charge in [-0.3, -0.25) is 25.2 Å². The first-order valence-electron chi connectivity index (χ1n) is 6.04. The van der Waals surface area contributed by atoms with Crippen LogP contribution < -0.4 is 16.2 Å². The molecule has 0 aliphatic heterocycles. The second-order valence-corrected chi connectivity index (χ2v) is 4.08. The number of nitrogens with zero attached hydrogens (tertiary/aromatic N) is 1. The van der Waals surface area contributed by atoms with Gasteiger partial charge >= 0.3 is 0 Å². The highest BCUT2D eigenvalue weighted by Crippen LogP contribution is 2.09. The minimum Gasteiger partial charge on any atom is -0.340 e. The molecule has 2 rings (SSSR count). The summed E-state index contributed by atoms with van der Waals surface area (Å²) < 4.78 is 0. The van der Waals surface area contributed by atoms with Gasteiger partial charge in [0.2, 0.25) is 5.91 Å². The van der Waals surface area contributed by atoms with Crippen LogP contribution in [0.2, 0.25) is 0 Å². The SMILES string of the molecule is CC(=O)NNC(=O)c1nc[nH]c1C(=O)Nc1ccccc1. The van der Waals surface area contributed by atoms with Gasteiger partial charge in [0.25, 0.3) is 11.8 Å². The highest BCUT2D eigenvalue weighted by Gasteiger charge is 2.20. The lowest BCUT2D eigenvalue weighted by molar-refractivity contribution is -0.119. The molecule has 0 aliphatic rings. The Morgan fingerprint density at radius 1 is 1.05 bits per heavy atom. The molecule has 8 nitrogen and oxygen atoms in total. The van der Waals surface area contributed by atoms with E-state index < -0.39 is 17.7 Å². The van der Waals surface area contributed by atoms with Crippen LogP contribution in [0.5, 0.6) is 0 Å². The van der Waals surface area contributed by atoms with Crippen molar-refractivity contribution in [1.29, 1.82) is 0 Å². The van der Waals surface area contributed by atoms with E-state index in [0.717, 1.165) is 0 Å². The molecule has 2 aromatic rings. The highest BCUT2D eigenvalue weighted by molar-refractivity contribution is 6.10. The van der Waals surface area contributed by atoms with Crippen LogP contribution in [0.4, 0.5) is 5.69 Å². The molecule has 0 saturated heterocycles. The van der Waals surface area contributed by atoms with E-state index in [9.17, 15) is 14.4 Å². The lowest BCUT2D eigenvalue weighted by atomic mass is 10.2. The number of para-hydroxylation sites is 1. The Morgan fingerprint density at radius 2 is 1.76 bits per heavy atom. The fourth-order valence-corrected chi connectivity index (χ4v) is 1.56. The van der Waals surface area contributed by atoms with Crippen molar-refractivity contribution in [3.63, 3.8) is 0 Å². The number of hydrogen-bond acceptors (Lipinski definition) is 4. The molecule has 0 fully saturated rings. The average Bonchev–Trinajstić information content (AvgIpc) is 2.95. The van der Waals surface area contributed by atoms with Gasteiger partial charge in [0.1, 0.15) is 5.69 Å². The van der Waals surface area contributed by atoms with E-state index in [1.807, 2.05) is 6.07 Å². The summed E-state index contributed by atoms with van der Waals surface area (Å²) >= 11 is 0. The van der Waals surface area contributed by atoms with Gasteiger partial charge in [0.05, 0.1) is 6.33 Å². The van der Waals surface area contributed by atoms with Gasteiger partial charge in [-0.15, -0.1) is 0 Å². The van der Waals surface area contributed by atoms with Crippen LogP contribution >= 0.6 is 0 Å². The maximum atomic E-state index is 12.1. The Bertz CT molecular complexity index is 665. The predicted molar refractivity (Wildman–Crippen MR) is 74.3 cm³/mol. The third kappa shape index (κ3) is 3.66. The van der Waals surface area contributed by atoms with Gasteiger partial charge < -0.3 is 10.3 Å². The van der Waals surface area contributed by atoms with Gasteiger partial charge in [-0.1, -0.05) is 18.2 Å². The smallest absolute Gasteiger partial charge is 0.290 e. The highest BCUT2D eigenvalue weighted by atomic mass is 16.2. The van der Waals surface area contributed by atoms with Crippen LogP contribution in [0.1, 0.15) is 27.9 Å². The molecule has 21 heavy (non-hydrogen) atoms. The average molecular weight is 287 g/mol. The van der Waals surface area contributed by atoms with Gasteiger partial charge in [-0.05, 0) is 12.1 Å². The number of aromatic amines is 1. The number of hydrogen-bond donors (Lipinski definition) is 4. The first kappa shape index (κ1) is 14.3. The Hall–Kier alpha value is -3.16. The second-order valence-electron chi connectivity index (χ2n) is 4.08. The molecule has 0 spiro atoms. The molecule has 108 valence electrons. The Morgan fingerprint density at radius 3 is 2.43 bits per heavy atom. The summed E-state index contributed by atoms with van der Waals surface area (Å²) in [5, 5.41) is 2.63. The zero-order valence-electron chi connectivity index (χ0n) is 11.1. The summed E-state index contributed by atoms with van der Waals surface area (Å²) in [6.45, 7) is 1.24. The molecule has 0 bridgehead atoms. The minimum absolute atomic E-state index is 0.00158. The molecule has 1 aromatic carbocycles. The second kappa shape index (κ2) is 6.33. The zero-order chi connectivity index (χ0) is 15.2. The summed E-state index contributed by atoms with van der Waals surface area (Å²) in [4.78, 5) is 41.0. The van der Waals surface area contributed by atoms with Crippen molar-refractivity contribution in [2.75, 3.05) is 5.32 Å². The van der Waals surface area contributed by atoms with Crippen molar-refractivity contribution in [1.82, 2.24) is 20.8 Å². The van der Waals surface area contributed by atoms with Gasteiger partial charge in [0.15, 0.2) is 5.69 Å². The molecular weight excluding hydrogens is 274 g/mol. The standard InChI is InChI=1S/C13H13N5O3/c1-8(19)17-18-13(21)11-10(14-7-15-11)12(20)16-9-5-3-2-4-6-9/h2-7H,1H3,(H,14,15)(H,16,20)(H,17,19)(H,18,21). The topological polar surface area (TPSA) is 116 Å². The molecule has 0 atom stereocenters. The number of hydrazine groups is 1. The maximum Gasteiger partial charge on any atom is 0.290 e. The largest absolute Gasteiger partial charge is 0.340 e. The quantitative estimate of drug-likeness (QED) is 0.613. The molecule has 8 heteroatoms. The number of nitrogens with one attached hydrogen (secondary N) is 4. The summed E-state index contributed by atoms with van der Waals surface area (Å²) in [7, 11) is 0. The van der Waals surface area contributed by atoms with E-state index in [0.29, 0.717) is 5.69 Å². The van der Waals surface area contributed by atoms with Crippen molar-refractivity contribution < 1.29 is 14.4 Å². The van der Waals surface area contributed by atoms with Gasteiger partial charge in [0, 0.05) is 12.6 Å². The van der Waals surface area contributed by atoms with E-state index in [1.54, 1.807) is 24.3 Å². The van der Waals surface area contributed by atoms with Crippen LogP contribution in [0.15, 0.2) is 36.7 Å². The first-order chi connectivity index (χ1) is 10.1. The van der Waals surface area contributed by atoms with Crippen molar-refractivity contribution in [3.8, 4) is 0 Å². The molecular formula is C13H13N5O3. The third-order valence-electron chi connectivity index (χ3n) is 2.47. The number of H-pyrrole nitrogens is 1. The first-order valence-corrected chi connectivity index (χ1v) is 6.04. The van der Waals surface area contributed by atoms with Gasteiger partial charge in [-0.25, -0.2) is 4.98 Å². The van der Waals surface area contributed by atoms with E-state index in [4.69, 9.17) is 0 Å². The van der Waals surface area contributed by atoms with Crippen LogP contribution in [-0.2, 0) is 4.79 Å². The molecule has 3 amide bonds. The molecule has 1 aromatic heterocycles. The minimum atomic E-state index is -0.690. The summed E-state index contributed by atoms with van der Waals surface area (Å²) in [6, 6.07) is 8.79. The normalized spacial score (nSPS) is 9.76. The van der Waals surface area contributed by atoms with Crippen molar-refractivity contribution in [2.24, 2.45) is 0 Å². The Kier molecular flexibility index (Phi) is 4.30. The number of amides is 3. The maximum absolute atomic E-state index is 12.1. The Labute approximate surface area is 119 Å². The molecule has 0 unspecified atom stereocenters. The number of carbonyl (C=O) groups is 3. The molecule has 4 N–H and O–H groups in total. The van der Waals surface area contributed by atoms with Crippen LogP contribution in [0.3, 0.4) is 0 Å². The summed E-state index contributed by atoms with van der Waals surface area (Å²) in [6.07, 6.45) is 1.22. The number of imidazole rings is 1. The predicted octanol–water partition coefficient (Wildman–Crippen LogP) is 0.443. The summed E-state index contributed by atoms with van der Waals surface area (Å²) in [5.41, 5.74) is 4.74. The number of carbonyl (C=O) groups excluding carboxylic acids is 3. The molecule has 0 aliphatic carbocycles. The van der Waals surface area contributed by atoms with E-state index in [-0.39, 0.29) is 11.4 Å². The zero-order valence-corrected chi connectivity index (χ0v) is 11.1. The lowest BCUT2D eigenvalue weighted by Crippen LogP contribution is -2.41. The van der Waals surface area contributed by atoms with Crippen molar-refractivity contribution >= 4 is 23.4 Å². The summed E-state index contributed by atoms with van der Waals surface area (Å²) in [5.74, 6) is -1.63. The van der Waals surface area contributed by atoms with Crippen LogP contribution in [-0.4, -0.2) is 27.7 Å². The van der Waals surface area contributed by atoms with Crippen LogP contribution in [0.25, 0.3) is 0 Å². The van der Waals surface area contributed by atoms with Crippen LogP contribution in [0, 0.1) is 0 Å². The monoisotopic (exact) mass is 287 g/mol. The number of rotatable bonds is 3. The molecule has 0 saturated carbocycles. The van der Waals surface area contributed by atoms with E-state index in [2.05, 4.69) is 26.1 Å². The van der Waals surface area contributed by atoms with E-state index >= 15 is 0 Å². The molecule has 0 radical (unpaired) electrons. The fourth-order valence-electron chi connectivity index (χ4n) is 1.56. The van der Waals surface area contributed by atoms with E-state index in [1.165, 1.54) is 13.3 Å². The Balaban J connectivity index is 2.10. The number of benzene rings is 1. The third-order valence-corrected chi connectivity index (χ3v) is 2.47. The van der Waals surface area contributed by atoms with Gasteiger partial charge in [-0.2, -0.15) is 0 Å². The number of aromatic nitrogens is 2. The van der Waals surface area contributed by atoms with Crippen molar-refractivity contribution in [2.45, 2.75) is 6.92 Å². The lowest BCUT2D eigenvalue weighted by Gasteiger charge is -2.06. The molecule has 1 heterocycles. The fraction of sp³-hybridized carbons (Fsp3) is 0.0769. The number of anilines is 1. The van der Waals surface area contributed by atoms with Crippen molar-refractivity contribution in [3.05, 3.63) is 48.0 Å².